The SMILES string of the molecule is CCCCCCCCOC(=O)NC(=N)c1ccc(NCc2nc3cc(C(=O)N(CCC(=O)Oc4ccccc4OC)c4ccccn4)ccc3n2C)cc1. The average molecular weight is 734 g/mol. The molecule has 3 aromatic carbocycles. The topological polar surface area (TPSA) is 161 Å². The van der Waals surface area contributed by atoms with E-state index >= 15 is 0 Å². The monoisotopic (exact) mass is 733 g/mol. The first-order valence-corrected chi connectivity index (χ1v) is 18.2. The lowest BCUT2D eigenvalue weighted by atomic mass is 10.1. The van der Waals surface area contributed by atoms with Crippen molar-refractivity contribution in [2.75, 3.05) is 30.5 Å². The van der Waals surface area contributed by atoms with Crippen molar-refractivity contribution in [1.29, 1.82) is 5.41 Å². The fraction of sp³-hybridized carbons (Fsp3) is 0.317. The number of rotatable bonds is 18. The summed E-state index contributed by atoms with van der Waals surface area (Å²) in [6.45, 7) is 2.94. The number of imidazole rings is 1. The van der Waals surface area contributed by atoms with E-state index in [1.807, 2.05) is 29.8 Å². The van der Waals surface area contributed by atoms with Gasteiger partial charge < -0.3 is 24.1 Å². The minimum absolute atomic E-state index is 0.0374. The van der Waals surface area contributed by atoms with E-state index in [-0.39, 0.29) is 24.7 Å². The molecule has 0 radical (unpaired) electrons. The van der Waals surface area contributed by atoms with Gasteiger partial charge in [0.25, 0.3) is 5.91 Å². The van der Waals surface area contributed by atoms with Gasteiger partial charge >= 0.3 is 12.1 Å². The van der Waals surface area contributed by atoms with Crippen molar-refractivity contribution in [3.8, 4) is 11.5 Å². The second-order valence-corrected chi connectivity index (χ2v) is 12.6. The van der Waals surface area contributed by atoms with E-state index in [4.69, 9.17) is 24.6 Å². The van der Waals surface area contributed by atoms with Crippen LogP contribution in [0, 0.1) is 5.41 Å². The number of unbranched alkanes of at least 4 members (excludes halogenated alkanes) is 5. The summed E-state index contributed by atoms with van der Waals surface area (Å²) in [5, 5.41) is 14.1. The number of hydrogen-bond donors (Lipinski definition) is 3. The Labute approximate surface area is 315 Å². The standard InChI is InChI=1S/C41H47N7O6/c1-4-5-6-7-8-13-26-53-41(51)46-39(42)29-17-20-31(21-18-29)44-28-37-45-32-27-30(19-22-33(32)47(37)2)40(50)48(36-16-11-12-24-43-36)25-23-38(49)54-35-15-10-9-14-34(35)52-3/h9-12,14-22,24,27,44H,4-8,13,23,25-26,28H2,1-3H3,(H2,42,46,51). The predicted octanol–water partition coefficient (Wildman–Crippen LogP) is 7.64. The molecule has 3 N–H and O–H groups in total. The Hall–Kier alpha value is -6.24. The lowest BCUT2D eigenvalue weighted by Gasteiger charge is -2.21. The van der Waals surface area contributed by atoms with Crippen LogP contribution in [0.5, 0.6) is 11.5 Å². The smallest absolute Gasteiger partial charge is 0.412 e. The van der Waals surface area contributed by atoms with Crippen LogP contribution in [0.4, 0.5) is 16.3 Å². The van der Waals surface area contributed by atoms with Gasteiger partial charge in [-0.15, -0.1) is 0 Å². The van der Waals surface area contributed by atoms with Gasteiger partial charge in [0, 0.05) is 36.6 Å². The molecule has 0 saturated carbocycles. The van der Waals surface area contributed by atoms with Gasteiger partial charge in [0.05, 0.1) is 37.7 Å². The summed E-state index contributed by atoms with van der Waals surface area (Å²) in [5.74, 6) is 0.980. The van der Waals surface area contributed by atoms with Crippen LogP contribution in [0.3, 0.4) is 0 Å². The Morgan fingerprint density at radius 2 is 1.59 bits per heavy atom. The zero-order valence-corrected chi connectivity index (χ0v) is 31.0. The molecule has 0 atom stereocenters. The number of alkyl carbamates (subject to hydrolysis) is 1. The number of ether oxygens (including phenoxy) is 3. The van der Waals surface area contributed by atoms with Crippen molar-refractivity contribution < 1.29 is 28.6 Å². The highest BCUT2D eigenvalue weighted by Gasteiger charge is 2.22. The molecular weight excluding hydrogens is 686 g/mol. The number of aryl methyl sites for hydroxylation is 1. The maximum Gasteiger partial charge on any atom is 0.412 e. The van der Waals surface area contributed by atoms with Crippen LogP contribution in [-0.2, 0) is 23.1 Å². The lowest BCUT2D eigenvalue weighted by Crippen LogP contribution is -2.34. The third-order valence-electron chi connectivity index (χ3n) is 8.81. The summed E-state index contributed by atoms with van der Waals surface area (Å²) in [7, 11) is 3.40. The van der Waals surface area contributed by atoms with Crippen molar-refractivity contribution in [3.63, 3.8) is 0 Å². The normalized spacial score (nSPS) is 10.8. The van der Waals surface area contributed by atoms with Gasteiger partial charge in [-0.25, -0.2) is 14.8 Å². The number of nitrogens with one attached hydrogen (secondary N) is 3. The molecule has 13 nitrogen and oxygen atoms in total. The van der Waals surface area contributed by atoms with E-state index < -0.39 is 12.1 Å². The minimum atomic E-state index is -0.628. The van der Waals surface area contributed by atoms with E-state index in [2.05, 4.69) is 22.5 Å². The third-order valence-corrected chi connectivity index (χ3v) is 8.81. The zero-order chi connectivity index (χ0) is 38.3. The fourth-order valence-corrected chi connectivity index (χ4v) is 5.80. The molecule has 0 saturated heterocycles. The molecule has 0 aliphatic heterocycles. The highest BCUT2D eigenvalue weighted by atomic mass is 16.6. The Bertz CT molecular complexity index is 2030. The highest BCUT2D eigenvalue weighted by molar-refractivity contribution is 6.07. The van der Waals surface area contributed by atoms with E-state index in [1.165, 1.54) is 31.3 Å². The Morgan fingerprint density at radius 3 is 2.33 bits per heavy atom. The maximum atomic E-state index is 13.9. The number of pyridine rings is 1. The second kappa shape index (κ2) is 19.6. The minimum Gasteiger partial charge on any atom is -0.493 e. The van der Waals surface area contributed by atoms with Gasteiger partial charge in [-0.2, -0.15) is 0 Å². The Balaban J connectivity index is 1.18. The van der Waals surface area contributed by atoms with E-state index in [1.54, 1.807) is 72.9 Å². The number of fused-ring (bicyclic) bond motifs is 1. The molecule has 5 aromatic rings. The Kier molecular flexibility index (Phi) is 14.1. The van der Waals surface area contributed by atoms with Crippen LogP contribution >= 0.6 is 0 Å². The summed E-state index contributed by atoms with van der Waals surface area (Å²) in [6.07, 6.45) is 7.47. The molecule has 0 fully saturated rings. The predicted molar refractivity (Wildman–Crippen MR) is 208 cm³/mol. The summed E-state index contributed by atoms with van der Waals surface area (Å²) >= 11 is 0. The number of hydrogen-bond acceptors (Lipinski definition) is 10. The number of aromatic nitrogens is 3. The molecule has 2 aromatic heterocycles. The highest BCUT2D eigenvalue weighted by Crippen LogP contribution is 2.27. The molecule has 54 heavy (non-hydrogen) atoms. The van der Waals surface area contributed by atoms with Crippen LogP contribution in [-0.4, -0.2) is 58.6 Å². The number of carbonyl (C=O) groups is 3. The van der Waals surface area contributed by atoms with Crippen molar-refractivity contribution in [2.24, 2.45) is 7.05 Å². The van der Waals surface area contributed by atoms with Gasteiger partial charge in [0.2, 0.25) is 0 Å². The zero-order valence-electron chi connectivity index (χ0n) is 31.0. The van der Waals surface area contributed by atoms with Crippen LogP contribution in [0.25, 0.3) is 11.0 Å². The molecule has 5 rings (SSSR count). The van der Waals surface area contributed by atoms with Gasteiger partial charge in [0.1, 0.15) is 17.5 Å². The molecule has 13 heteroatoms. The van der Waals surface area contributed by atoms with Crippen molar-refractivity contribution in [3.05, 3.63) is 108 Å². The van der Waals surface area contributed by atoms with Crippen molar-refractivity contribution in [2.45, 2.75) is 58.4 Å². The molecule has 0 spiro atoms. The van der Waals surface area contributed by atoms with Crippen LogP contribution in [0.15, 0.2) is 91.1 Å². The quantitative estimate of drug-likeness (QED) is 0.0270. The second-order valence-electron chi connectivity index (χ2n) is 12.6. The molecule has 0 bridgehead atoms. The first-order chi connectivity index (χ1) is 26.3. The average Bonchev–Trinajstić information content (AvgIpc) is 3.51. The summed E-state index contributed by atoms with van der Waals surface area (Å²) in [5.41, 5.74) is 3.21. The molecule has 2 heterocycles. The number of amidine groups is 1. The van der Waals surface area contributed by atoms with Gasteiger partial charge in [-0.1, -0.05) is 57.2 Å². The van der Waals surface area contributed by atoms with E-state index in [0.29, 0.717) is 47.1 Å². The summed E-state index contributed by atoms with van der Waals surface area (Å²) in [6, 6.07) is 24.6. The van der Waals surface area contributed by atoms with Crippen LogP contribution < -0.4 is 25.0 Å². The molecule has 0 unspecified atom stereocenters. The Morgan fingerprint density at radius 1 is 0.870 bits per heavy atom. The van der Waals surface area contributed by atoms with E-state index in [9.17, 15) is 14.4 Å². The number of amides is 2. The van der Waals surface area contributed by atoms with Crippen molar-refractivity contribution in [1.82, 2.24) is 19.9 Å². The molecule has 0 aliphatic rings. The number of methoxy groups -OCH3 is 1. The van der Waals surface area contributed by atoms with Crippen molar-refractivity contribution >= 4 is 46.3 Å². The molecular formula is C41H47N7O6. The van der Waals surface area contributed by atoms with Gasteiger partial charge in [-0.3, -0.25) is 25.2 Å². The number of benzene rings is 3. The summed E-state index contributed by atoms with van der Waals surface area (Å²) < 4.78 is 18.0. The molecule has 282 valence electrons. The molecule has 2 amide bonds. The number of anilines is 2. The first-order valence-electron chi connectivity index (χ1n) is 18.2. The van der Waals surface area contributed by atoms with Gasteiger partial charge in [-0.05, 0) is 73.2 Å². The largest absolute Gasteiger partial charge is 0.493 e. The van der Waals surface area contributed by atoms with Crippen LogP contribution in [0.2, 0.25) is 0 Å². The number of para-hydroxylation sites is 2. The van der Waals surface area contributed by atoms with Gasteiger partial charge in [0.15, 0.2) is 11.5 Å². The number of esters is 1. The fourth-order valence-electron chi connectivity index (χ4n) is 5.80. The first kappa shape index (κ1) is 39.0. The maximum absolute atomic E-state index is 13.9. The number of carbonyl (C=O) groups excluding carboxylic acids is 3. The third kappa shape index (κ3) is 10.7. The molecule has 0 aliphatic carbocycles. The summed E-state index contributed by atoms with van der Waals surface area (Å²) in [4.78, 5) is 49.5. The number of nitrogens with zero attached hydrogens (tertiary/aromatic N) is 4. The lowest BCUT2D eigenvalue weighted by molar-refractivity contribution is -0.134. The van der Waals surface area contributed by atoms with E-state index in [0.717, 1.165) is 36.3 Å². The van der Waals surface area contributed by atoms with Crippen LogP contribution in [0.1, 0.15) is 73.6 Å².